The maximum atomic E-state index is 7.08. The van der Waals surface area contributed by atoms with Crippen molar-refractivity contribution < 1.29 is 9.47 Å². The van der Waals surface area contributed by atoms with Crippen LogP contribution in [0.15, 0.2) is 42.5 Å². The molecule has 2 N–H and O–H groups in total. The Bertz CT molecular complexity index is 4090. The highest BCUT2D eigenvalue weighted by Crippen LogP contribution is 2.50. The number of unbranched alkanes of at least 4 members (excludes halogenated alkanes) is 44. The Morgan fingerprint density at radius 1 is 0.259 bits per heavy atom. The van der Waals surface area contributed by atoms with Gasteiger partial charge in [-0.3, -0.25) is 0 Å². The fourth-order valence-electron chi connectivity index (χ4n) is 17.7. The van der Waals surface area contributed by atoms with Crippen LogP contribution in [0.2, 0.25) is 0 Å². The lowest BCUT2D eigenvalue weighted by molar-refractivity contribution is 0.302. The molecule has 614 valence electrons. The van der Waals surface area contributed by atoms with E-state index in [1.807, 2.05) is 6.07 Å². The van der Waals surface area contributed by atoms with Gasteiger partial charge < -0.3 is 19.4 Å². The summed E-state index contributed by atoms with van der Waals surface area (Å²) in [5.41, 5.74) is 15.5. The van der Waals surface area contributed by atoms with Gasteiger partial charge >= 0.3 is 0 Å². The molecule has 0 radical (unpaired) electrons. The van der Waals surface area contributed by atoms with Crippen molar-refractivity contribution in [3.05, 3.63) is 81.4 Å². The number of hydrogen-bond acceptors (Lipinski definition) is 8. The smallest absolute Gasteiger partial charge is 0.168 e. The Labute approximate surface area is 681 Å². The van der Waals surface area contributed by atoms with Crippen molar-refractivity contribution in [1.29, 1.82) is 0 Å². The van der Waals surface area contributed by atoms with E-state index >= 15 is 0 Å². The minimum Gasteiger partial charge on any atom is -0.493 e. The molecule has 4 aromatic carbocycles. The normalized spacial score (nSPS) is 11.9. The average molecular weight is 1520 g/mol. The zero-order valence-electron chi connectivity index (χ0n) is 72.5. The lowest BCUT2D eigenvalue weighted by atomic mass is 9.91. The number of ether oxygens (including phenoxy) is 2. The highest BCUT2D eigenvalue weighted by atomic mass is 16.5. The monoisotopic (exact) mass is 1520 g/mol. The van der Waals surface area contributed by atoms with Crippen LogP contribution in [0.3, 0.4) is 0 Å². The van der Waals surface area contributed by atoms with Gasteiger partial charge in [0.1, 0.15) is 34.1 Å². The van der Waals surface area contributed by atoms with E-state index in [2.05, 4.69) is 108 Å². The standard InChI is InChI=1S/C102H154N8O2/c1-10-19-27-33-39-45-51-57-63-79-69-70-80(64-58-52-46-40-34-28-20-11-2)87-86(79)95-103-96(87)105-98-89-82(66-60-54-48-42-36-30-22-13-4)72-74-84(68-62-56-50-44-38-32-24-15-6)91(89)100(107-98)109-102-93-92(85(111-75-25-16-7)77-78(18-9)94(93)112-76-26-17-8)101(110-102)108-99-90-83(67-61-55-49-43-37-31-23-14-5)73-71-81(88(90)97(104-95)106-99)65-59-53-47-41-35-29-21-12-3/h9,69-74,77H,10-17,19-68,75-76H2,1-8H3,(H2,103,104,105,106,107,108,109,110). The van der Waals surface area contributed by atoms with E-state index in [1.165, 1.54) is 314 Å². The third kappa shape index (κ3) is 27.0. The number of aromatic nitrogens is 8. The molecule has 0 saturated heterocycles. The number of hydrogen-bond donors (Lipinski definition) is 2. The maximum absolute atomic E-state index is 7.08. The molecule has 2 aliphatic rings. The van der Waals surface area contributed by atoms with E-state index in [0.717, 1.165) is 170 Å². The molecule has 0 fully saturated rings. The first kappa shape index (κ1) is 89.3. The number of fused-ring (bicyclic) bond motifs is 20. The highest BCUT2D eigenvalue weighted by molar-refractivity contribution is 6.10. The van der Waals surface area contributed by atoms with Gasteiger partial charge in [-0.15, -0.1) is 6.42 Å². The molecule has 0 saturated carbocycles. The quantitative estimate of drug-likeness (QED) is 0.0285. The van der Waals surface area contributed by atoms with Crippen LogP contribution in [0, 0.1) is 12.3 Å². The molecule has 10 heteroatoms. The molecule has 8 bridgehead atoms. The average Bonchev–Trinajstić information content (AvgIpc) is 1.57. The van der Waals surface area contributed by atoms with Crippen LogP contribution in [0.1, 0.15) is 428 Å². The largest absolute Gasteiger partial charge is 0.493 e. The molecule has 0 amide bonds. The first-order valence-electron chi connectivity index (χ1n) is 47.5. The third-order valence-electron chi connectivity index (χ3n) is 24.4. The van der Waals surface area contributed by atoms with Crippen LogP contribution in [0.5, 0.6) is 11.5 Å². The number of benzene rings is 4. The summed E-state index contributed by atoms with van der Waals surface area (Å²) in [7, 11) is 0. The van der Waals surface area contributed by atoms with Crippen LogP contribution in [-0.4, -0.2) is 53.1 Å². The van der Waals surface area contributed by atoms with Gasteiger partial charge in [-0.05, 0) is 123 Å². The molecule has 0 aliphatic carbocycles. The van der Waals surface area contributed by atoms with Crippen LogP contribution in [0.25, 0.3) is 89.7 Å². The molecule has 5 heterocycles. The number of rotatable bonds is 62. The van der Waals surface area contributed by atoms with Gasteiger partial charge in [-0.25, -0.2) is 29.9 Å². The SMILES string of the molecule is C#Cc1cc(OCCCC)c2c(c1OCCCC)-c1nc-2nc2[nH]c(nc3nc(nc4[nH]c(n1)c1c(CCCCCCCCCC)ccc(CCCCCCCCCC)c41)-c1c(CCCCCCCCCC)ccc(CCCCCCCCCC)c1-3)c1c(CCCCCCCCCC)ccc(CCCCCCCCCC)c21. The summed E-state index contributed by atoms with van der Waals surface area (Å²) in [6, 6.07) is 16.8. The lowest BCUT2D eigenvalue weighted by Gasteiger charge is -2.16. The van der Waals surface area contributed by atoms with Crippen molar-refractivity contribution in [2.45, 2.75) is 428 Å². The van der Waals surface area contributed by atoms with Crippen molar-refractivity contribution in [2.24, 2.45) is 0 Å². The van der Waals surface area contributed by atoms with Crippen molar-refractivity contribution in [3.63, 3.8) is 0 Å². The van der Waals surface area contributed by atoms with Crippen molar-refractivity contribution in [3.8, 4) is 69.4 Å². The highest BCUT2D eigenvalue weighted by Gasteiger charge is 2.33. The summed E-state index contributed by atoms with van der Waals surface area (Å²) in [5, 5.41) is 4.57. The van der Waals surface area contributed by atoms with Gasteiger partial charge in [0, 0.05) is 38.7 Å². The number of aryl methyl sites for hydroxylation is 6. The van der Waals surface area contributed by atoms with E-state index in [0.29, 0.717) is 41.9 Å². The third-order valence-corrected chi connectivity index (χ3v) is 24.4. The van der Waals surface area contributed by atoms with Gasteiger partial charge in [-0.1, -0.05) is 380 Å². The van der Waals surface area contributed by atoms with E-state index in [1.54, 1.807) is 0 Å². The number of nitrogens with zero attached hydrogens (tertiary/aromatic N) is 6. The minimum atomic E-state index is 0.493. The molecule has 9 rings (SSSR count). The van der Waals surface area contributed by atoms with Gasteiger partial charge in [0.05, 0.1) is 29.9 Å². The number of nitrogens with one attached hydrogen (secondary N) is 2. The number of H-pyrrole nitrogens is 2. The van der Waals surface area contributed by atoms with Crippen LogP contribution >= 0.6 is 0 Å². The summed E-state index contributed by atoms with van der Waals surface area (Å²) in [6.45, 7) is 19.4. The van der Waals surface area contributed by atoms with Gasteiger partial charge in [-0.2, -0.15) is 0 Å². The summed E-state index contributed by atoms with van der Waals surface area (Å²) >= 11 is 0. The molecule has 0 unspecified atom stereocenters. The van der Waals surface area contributed by atoms with Gasteiger partial charge in [0.15, 0.2) is 23.3 Å². The summed E-state index contributed by atoms with van der Waals surface area (Å²) < 4.78 is 14.1. The topological polar surface area (TPSA) is 127 Å². The second-order valence-electron chi connectivity index (χ2n) is 33.9. The zero-order valence-corrected chi connectivity index (χ0v) is 72.5. The minimum absolute atomic E-state index is 0.493. The van der Waals surface area contributed by atoms with Crippen molar-refractivity contribution >= 4 is 44.1 Å². The second-order valence-corrected chi connectivity index (χ2v) is 33.9. The molecule has 2 aliphatic heterocycles. The molecule has 3 aromatic heterocycles. The van der Waals surface area contributed by atoms with Crippen LogP contribution in [-0.2, 0) is 38.5 Å². The Morgan fingerprint density at radius 3 is 0.768 bits per heavy atom. The molecule has 0 atom stereocenters. The van der Waals surface area contributed by atoms with Crippen LogP contribution in [0.4, 0.5) is 0 Å². The molecule has 7 aromatic rings. The summed E-state index contributed by atoms with van der Waals surface area (Å²) in [6.07, 6.45) is 76.6. The molecule has 10 nitrogen and oxygen atoms in total. The number of aromatic amines is 2. The van der Waals surface area contributed by atoms with E-state index in [4.69, 9.17) is 45.8 Å². The predicted molar refractivity (Wildman–Crippen MR) is 483 cm³/mol. The molecule has 0 spiro atoms. The van der Waals surface area contributed by atoms with E-state index in [9.17, 15) is 0 Å². The van der Waals surface area contributed by atoms with Gasteiger partial charge in [0.25, 0.3) is 0 Å². The van der Waals surface area contributed by atoms with Gasteiger partial charge in [0.2, 0.25) is 0 Å². The maximum Gasteiger partial charge on any atom is 0.168 e. The van der Waals surface area contributed by atoms with E-state index < -0.39 is 0 Å². The Morgan fingerprint density at radius 2 is 0.491 bits per heavy atom. The van der Waals surface area contributed by atoms with E-state index in [-0.39, 0.29) is 0 Å². The predicted octanol–water partition coefficient (Wildman–Crippen LogP) is 31.3. The fourth-order valence-corrected chi connectivity index (χ4v) is 17.7. The van der Waals surface area contributed by atoms with Crippen molar-refractivity contribution in [2.75, 3.05) is 13.2 Å². The molecular weight excluding hydrogens is 1370 g/mol. The summed E-state index contributed by atoms with van der Waals surface area (Å²) in [4.78, 5) is 44.3. The van der Waals surface area contributed by atoms with Crippen molar-refractivity contribution in [1.82, 2.24) is 39.9 Å². The second kappa shape index (κ2) is 52.1. The Hall–Kier alpha value is -6.60. The number of terminal acetylenes is 1. The zero-order chi connectivity index (χ0) is 78.6. The van der Waals surface area contributed by atoms with Crippen LogP contribution < -0.4 is 9.47 Å². The first-order chi connectivity index (χ1) is 55.3. The Kier molecular flexibility index (Phi) is 41.5. The molecular formula is C102H154N8O2. The molecule has 112 heavy (non-hydrogen) atoms. The Balaban J connectivity index is 1.40. The fraction of sp³-hybridized carbons (Fsp3) is 0.667. The first-order valence-corrected chi connectivity index (χ1v) is 47.5. The lowest BCUT2D eigenvalue weighted by Crippen LogP contribution is -2.04. The summed E-state index contributed by atoms with van der Waals surface area (Å²) in [5.74, 6) is 6.92.